The molecule has 16 heavy (non-hydrogen) atoms. The highest BCUT2D eigenvalue weighted by Gasteiger charge is 2.40. The van der Waals surface area contributed by atoms with Crippen LogP contribution in [0.15, 0.2) is 0 Å². The van der Waals surface area contributed by atoms with Crippen molar-refractivity contribution in [2.75, 3.05) is 13.7 Å². The zero-order chi connectivity index (χ0) is 11.4. The molecule has 0 spiro atoms. The van der Waals surface area contributed by atoms with Gasteiger partial charge in [-0.15, -0.1) is 0 Å². The molecule has 1 saturated carbocycles. The van der Waals surface area contributed by atoms with Crippen molar-refractivity contribution in [2.45, 2.75) is 63.1 Å². The van der Waals surface area contributed by atoms with Gasteiger partial charge in [0, 0.05) is 20.1 Å². The molecule has 2 aliphatic rings. The minimum absolute atomic E-state index is 0.294. The fourth-order valence-electron chi connectivity index (χ4n) is 2.93. The zero-order valence-corrected chi connectivity index (χ0v) is 10.2. The van der Waals surface area contributed by atoms with E-state index in [4.69, 9.17) is 9.47 Å². The fraction of sp³-hybridized carbons (Fsp3) is 0.923. The molecule has 1 saturated heterocycles. The topological polar surface area (TPSA) is 35.5 Å². The van der Waals surface area contributed by atoms with E-state index in [0.717, 1.165) is 51.6 Å². The molecule has 1 atom stereocenters. The van der Waals surface area contributed by atoms with Crippen LogP contribution in [0.1, 0.15) is 51.4 Å². The maximum absolute atomic E-state index is 12.2. The van der Waals surface area contributed by atoms with Crippen LogP contribution in [0.5, 0.6) is 0 Å². The molecule has 1 unspecified atom stereocenters. The number of carbonyl (C=O) groups excluding carboxylic acids is 1. The summed E-state index contributed by atoms with van der Waals surface area (Å²) in [6.07, 6.45) is 8.16. The van der Waals surface area contributed by atoms with E-state index in [-0.39, 0.29) is 0 Å². The molecule has 0 N–H and O–H groups in total. The molecule has 3 nitrogen and oxygen atoms in total. The third-order valence-corrected chi connectivity index (χ3v) is 4.03. The summed E-state index contributed by atoms with van der Waals surface area (Å²) >= 11 is 0. The Bertz CT molecular complexity index is 238. The van der Waals surface area contributed by atoms with Crippen molar-refractivity contribution in [1.29, 1.82) is 0 Å². The number of ether oxygens (including phenoxy) is 2. The second-order valence-electron chi connectivity index (χ2n) is 5.00. The van der Waals surface area contributed by atoms with Crippen molar-refractivity contribution in [2.24, 2.45) is 0 Å². The molecular formula is C13H22O3. The number of hydrogen-bond acceptors (Lipinski definition) is 3. The molecule has 0 amide bonds. The van der Waals surface area contributed by atoms with Gasteiger partial charge in [0.05, 0.1) is 6.10 Å². The van der Waals surface area contributed by atoms with Gasteiger partial charge in [-0.05, 0) is 44.9 Å². The van der Waals surface area contributed by atoms with Crippen LogP contribution in [-0.4, -0.2) is 31.2 Å². The lowest BCUT2D eigenvalue weighted by atomic mass is 9.92. The highest BCUT2D eigenvalue weighted by molar-refractivity contribution is 5.87. The molecule has 1 aliphatic carbocycles. The Labute approximate surface area is 97.5 Å². The molecule has 0 aromatic carbocycles. The predicted octanol–water partition coefficient (Wildman–Crippen LogP) is 2.47. The zero-order valence-electron chi connectivity index (χ0n) is 10.2. The number of Topliss-reactive ketones (excluding diaryl/α,β-unsaturated/α-hetero) is 1. The van der Waals surface area contributed by atoms with Crippen LogP contribution in [0.25, 0.3) is 0 Å². The lowest BCUT2D eigenvalue weighted by Gasteiger charge is -2.26. The predicted molar refractivity (Wildman–Crippen MR) is 61.4 cm³/mol. The summed E-state index contributed by atoms with van der Waals surface area (Å²) < 4.78 is 11.0. The summed E-state index contributed by atoms with van der Waals surface area (Å²) in [4.78, 5) is 12.2. The standard InChI is InChI=1S/C13H22O3/c1-15-13(8-2-3-9-13)12(14)7-6-11-5-4-10-16-11/h11H,2-10H2,1H3. The lowest BCUT2D eigenvalue weighted by molar-refractivity contribution is -0.141. The fourth-order valence-corrected chi connectivity index (χ4v) is 2.93. The van der Waals surface area contributed by atoms with Gasteiger partial charge in [-0.1, -0.05) is 0 Å². The van der Waals surface area contributed by atoms with Crippen molar-refractivity contribution in [3.8, 4) is 0 Å². The first-order valence-electron chi connectivity index (χ1n) is 6.47. The molecule has 2 fully saturated rings. The van der Waals surface area contributed by atoms with Crippen molar-refractivity contribution in [1.82, 2.24) is 0 Å². The van der Waals surface area contributed by atoms with Gasteiger partial charge < -0.3 is 9.47 Å². The van der Waals surface area contributed by atoms with Crippen molar-refractivity contribution in [3.63, 3.8) is 0 Å². The van der Waals surface area contributed by atoms with E-state index in [1.165, 1.54) is 0 Å². The van der Waals surface area contributed by atoms with E-state index < -0.39 is 5.60 Å². The molecule has 0 bridgehead atoms. The van der Waals surface area contributed by atoms with Crippen LogP contribution in [0, 0.1) is 0 Å². The molecule has 1 heterocycles. The number of rotatable bonds is 5. The molecule has 1 aliphatic heterocycles. The second kappa shape index (κ2) is 5.28. The van der Waals surface area contributed by atoms with E-state index in [1.54, 1.807) is 7.11 Å². The number of methoxy groups -OCH3 is 1. The highest BCUT2D eigenvalue weighted by atomic mass is 16.5. The summed E-state index contributed by atoms with van der Waals surface area (Å²) in [5, 5.41) is 0. The third-order valence-electron chi connectivity index (χ3n) is 4.03. The van der Waals surface area contributed by atoms with E-state index in [1.807, 2.05) is 0 Å². The van der Waals surface area contributed by atoms with Gasteiger partial charge >= 0.3 is 0 Å². The summed E-state index contributed by atoms with van der Waals surface area (Å²) in [5.74, 6) is 0.294. The average Bonchev–Trinajstić information content (AvgIpc) is 2.97. The van der Waals surface area contributed by atoms with Crippen LogP contribution < -0.4 is 0 Å². The maximum atomic E-state index is 12.2. The highest BCUT2D eigenvalue weighted by Crippen LogP contribution is 2.35. The van der Waals surface area contributed by atoms with Crippen LogP contribution >= 0.6 is 0 Å². The van der Waals surface area contributed by atoms with Crippen LogP contribution in [0.4, 0.5) is 0 Å². The number of ketones is 1. The molecule has 0 radical (unpaired) electrons. The molecule has 0 aromatic rings. The molecule has 92 valence electrons. The molecule has 0 aromatic heterocycles. The summed E-state index contributed by atoms with van der Waals surface area (Å²) in [7, 11) is 1.68. The van der Waals surface area contributed by atoms with Crippen molar-refractivity contribution < 1.29 is 14.3 Å². The second-order valence-corrected chi connectivity index (χ2v) is 5.00. The molecule has 2 rings (SSSR count). The van der Waals surface area contributed by atoms with Gasteiger partial charge in [-0.3, -0.25) is 4.79 Å². The lowest BCUT2D eigenvalue weighted by Crippen LogP contribution is -2.38. The van der Waals surface area contributed by atoms with Gasteiger partial charge in [0.1, 0.15) is 5.60 Å². The Morgan fingerprint density at radius 2 is 2.12 bits per heavy atom. The minimum atomic E-state index is -0.446. The van der Waals surface area contributed by atoms with Gasteiger partial charge in [-0.2, -0.15) is 0 Å². The van der Waals surface area contributed by atoms with Crippen LogP contribution in [-0.2, 0) is 14.3 Å². The van der Waals surface area contributed by atoms with E-state index in [9.17, 15) is 4.79 Å². The molecule has 3 heteroatoms. The first-order chi connectivity index (χ1) is 7.77. The van der Waals surface area contributed by atoms with Gasteiger partial charge in [0.2, 0.25) is 0 Å². The molecular weight excluding hydrogens is 204 g/mol. The number of hydrogen-bond donors (Lipinski definition) is 0. The first kappa shape index (κ1) is 12.1. The van der Waals surface area contributed by atoms with Crippen molar-refractivity contribution in [3.05, 3.63) is 0 Å². The minimum Gasteiger partial charge on any atom is -0.378 e. The Morgan fingerprint density at radius 1 is 1.38 bits per heavy atom. The van der Waals surface area contributed by atoms with E-state index in [2.05, 4.69) is 0 Å². The monoisotopic (exact) mass is 226 g/mol. The van der Waals surface area contributed by atoms with Gasteiger partial charge in [0.15, 0.2) is 5.78 Å². The first-order valence-corrected chi connectivity index (χ1v) is 6.47. The third kappa shape index (κ3) is 2.46. The van der Waals surface area contributed by atoms with Crippen LogP contribution in [0.2, 0.25) is 0 Å². The summed E-state index contributed by atoms with van der Waals surface area (Å²) in [6.45, 7) is 0.869. The Hall–Kier alpha value is -0.410. The number of carbonyl (C=O) groups is 1. The Balaban J connectivity index is 1.81. The quantitative estimate of drug-likeness (QED) is 0.722. The summed E-state index contributed by atoms with van der Waals surface area (Å²) in [6, 6.07) is 0. The smallest absolute Gasteiger partial charge is 0.164 e. The maximum Gasteiger partial charge on any atom is 0.164 e. The SMILES string of the molecule is COC1(C(=O)CCC2CCCO2)CCCC1. The van der Waals surface area contributed by atoms with E-state index in [0.29, 0.717) is 18.3 Å². The summed E-state index contributed by atoms with van der Waals surface area (Å²) in [5.41, 5.74) is -0.446. The normalized spacial score (nSPS) is 28.4. The van der Waals surface area contributed by atoms with Gasteiger partial charge in [0.25, 0.3) is 0 Å². The average molecular weight is 226 g/mol. The van der Waals surface area contributed by atoms with Crippen LogP contribution in [0.3, 0.4) is 0 Å². The van der Waals surface area contributed by atoms with E-state index >= 15 is 0 Å². The Kier molecular flexibility index (Phi) is 3.98. The Morgan fingerprint density at radius 3 is 2.69 bits per heavy atom. The largest absolute Gasteiger partial charge is 0.378 e. The van der Waals surface area contributed by atoms with Gasteiger partial charge in [-0.25, -0.2) is 0 Å². The van der Waals surface area contributed by atoms with Crippen molar-refractivity contribution >= 4 is 5.78 Å².